The minimum absolute atomic E-state index is 0.126. The fourth-order valence-corrected chi connectivity index (χ4v) is 2.47. The number of hydrogen-bond donors (Lipinski definition) is 1. The van der Waals surface area contributed by atoms with E-state index in [2.05, 4.69) is 21.8 Å². The van der Waals surface area contributed by atoms with Crippen LogP contribution in [0, 0.1) is 11.8 Å². The quantitative estimate of drug-likeness (QED) is 0.896. The molecule has 0 aliphatic carbocycles. The summed E-state index contributed by atoms with van der Waals surface area (Å²) in [5.41, 5.74) is 5.85. The van der Waals surface area contributed by atoms with E-state index < -0.39 is 0 Å². The summed E-state index contributed by atoms with van der Waals surface area (Å²) in [6.45, 7) is 9.00. The van der Waals surface area contributed by atoms with E-state index in [1.165, 1.54) is 0 Å². The molecule has 2 heterocycles. The molecular weight excluding hydrogens is 240 g/mol. The minimum atomic E-state index is 0.126. The Kier molecular flexibility index (Phi) is 4.58. The van der Waals surface area contributed by atoms with Gasteiger partial charge in [0.25, 0.3) is 0 Å². The van der Waals surface area contributed by atoms with Crippen molar-refractivity contribution in [2.24, 2.45) is 17.6 Å². The molecule has 19 heavy (non-hydrogen) atoms. The van der Waals surface area contributed by atoms with Crippen LogP contribution in [-0.4, -0.2) is 35.7 Å². The lowest BCUT2D eigenvalue weighted by atomic mass is 9.87. The molecule has 1 aliphatic heterocycles. The molecule has 1 aromatic rings. The Morgan fingerprint density at radius 2 is 2.26 bits per heavy atom. The third-order valence-corrected chi connectivity index (χ3v) is 3.72. The van der Waals surface area contributed by atoms with E-state index in [-0.39, 0.29) is 6.10 Å². The van der Waals surface area contributed by atoms with Crippen LogP contribution >= 0.6 is 0 Å². The fraction of sp³-hybridized carbons (Fsp3) is 0.714. The van der Waals surface area contributed by atoms with Gasteiger partial charge in [0, 0.05) is 19.2 Å². The second kappa shape index (κ2) is 6.19. The number of nitrogens with zero attached hydrogens (tertiary/aromatic N) is 3. The highest BCUT2D eigenvalue weighted by molar-refractivity contribution is 5.41. The number of hydrogen-bond acceptors (Lipinski definition) is 5. The summed E-state index contributed by atoms with van der Waals surface area (Å²) in [5, 5.41) is 0. The standard InChI is InChI=1S/C14H24N4O/c1-10(2)19-14-6-13(16-9-17-14)18-5-4-11(3)12(7-15)8-18/h6,9-12H,4-5,7-8,15H2,1-3H3. The van der Waals surface area contributed by atoms with Crippen molar-refractivity contribution < 1.29 is 4.74 Å². The van der Waals surface area contributed by atoms with Gasteiger partial charge >= 0.3 is 0 Å². The van der Waals surface area contributed by atoms with E-state index >= 15 is 0 Å². The molecule has 0 spiro atoms. The lowest BCUT2D eigenvalue weighted by Crippen LogP contribution is -2.43. The summed E-state index contributed by atoms with van der Waals surface area (Å²) in [6, 6.07) is 1.92. The normalized spacial score (nSPS) is 23.7. The zero-order chi connectivity index (χ0) is 13.8. The highest BCUT2D eigenvalue weighted by atomic mass is 16.5. The second-order valence-corrected chi connectivity index (χ2v) is 5.59. The maximum Gasteiger partial charge on any atom is 0.218 e. The van der Waals surface area contributed by atoms with Crippen molar-refractivity contribution in [2.45, 2.75) is 33.3 Å². The Balaban J connectivity index is 2.09. The monoisotopic (exact) mass is 264 g/mol. The van der Waals surface area contributed by atoms with Crippen LogP contribution in [0.25, 0.3) is 0 Å². The first kappa shape index (κ1) is 14.1. The molecule has 1 aliphatic rings. The van der Waals surface area contributed by atoms with Crippen molar-refractivity contribution in [3.8, 4) is 5.88 Å². The number of aromatic nitrogens is 2. The van der Waals surface area contributed by atoms with Crippen LogP contribution in [0.1, 0.15) is 27.2 Å². The van der Waals surface area contributed by atoms with Crippen molar-refractivity contribution >= 4 is 5.82 Å². The smallest absolute Gasteiger partial charge is 0.218 e. The Bertz CT molecular complexity index is 410. The first-order valence-corrected chi connectivity index (χ1v) is 7.04. The molecule has 0 amide bonds. The highest BCUT2D eigenvalue weighted by Crippen LogP contribution is 2.26. The summed E-state index contributed by atoms with van der Waals surface area (Å²) in [6.07, 6.45) is 2.86. The summed E-state index contributed by atoms with van der Waals surface area (Å²) < 4.78 is 5.62. The molecule has 0 bridgehead atoms. The Morgan fingerprint density at radius 3 is 2.95 bits per heavy atom. The molecule has 2 atom stereocenters. The largest absolute Gasteiger partial charge is 0.475 e. The summed E-state index contributed by atoms with van der Waals surface area (Å²) in [5.74, 6) is 2.81. The predicted octanol–water partition coefficient (Wildman–Crippen LogP) is 1.68. The molecule has 1 aromatic heterocycles. The maximum absolute atomic E-state index is 5.85. The average molecular weight is 264 g/mol. The summed E-state index contributed by atoms with van der Waals surface area (Å²) in [4.78, 5) is 10.8. The number of piperidine rings is 1. The number of ether oxygens (including phenoxy) is 1. The molecule has 2 N–H and O–H groups in total. The van der Waals surface area contributed by atoms with Crippen molar-refractivity contribution in [3.63, 3.8) is 0 Å². The molecule has 2 unspecified atom stereocenters. The van der Waals surface area contributed by atoms with Gasteiger partial charge in [0.2, 0.25) is 5.88 Å². The van der Waals surface area contributed by atoms with E-state index in [1.54, 1.807) is 6.33 Å². The van der Waals surface area contributed by atoms with Crippen LogP contribution < -0.4 is 15.4 Å². The molecular formula is C14H24N4O. The van der Waals surface area contributed by atoms with E-state index in [4.69, 9.17) is 10.5 Å². The Labute approximate surface area is 115 Å². The highest BCUT2D eigenvalue weighted by Gasteiger charge is 2.26. The van der Waals surface area contributed by atoms with Gasteiger partial charge in [0.1, 0.15) is 12.1 Å². The van der Waals surface area contributed by atoms with Crippen LogP contribution in [0.2, 0.25) is 0 Å². The molecule has 0 radical (unpaired) electrons. The molecule has 0 aromatic carbocycles. The maximum atomic E-state index is 5.85. The van der Waals surface area contributed by atoms with Crippen molar-refractivity contribution in [2.75, 3.05) is 24.5 Å². The van der Waals surface area contributed by atoms with Crippen LogP contribution in [0.4, 0.5) is 5.82 Å². The van der Waals surface area contributed by atoms with Gasteiger partial charge in [-0.15, -0.1) is 0 Å². The van der Waals surface area contributed by atoms with Gasteiger partial charge < -0.3 is 15.4 Å². The van der Waals surface area contributed by atoms with Gasteiger partial charge in [-0.3, -0.25) is 0 Å². The van der Waals surface area contributed by atoms with Crippen LogP contribution in [0.15, 0.2) is 12.4 Å². The van der Waals surface area contributed by atoms with Crippen LogP contribution in [0.3, 0.4) is 0 Å². The molecule has 5 nitrogen and oxygen atoms in total. The van der Waals surface area contributed by atoms with Crippen molar-refractivity contribution in [1.29, 1.82) is 0 Å². The molecule has 0 saturated carbocycles. The van der Waals surface area contributed by atoms with Crippen LogP contribution in [-0.2, 0) is 0 Å². The van der Waals surface area contributed by atoms with E-state index in [0.29, 0.717) is 17.7 Å². The van der Waals surface area contributed by atoms with E-state index in [0.717, 1.165) is 31.9 Å². The second-order valence-electron chi connectivity index (χ2n) is 5.59. The number of anilines is 1. The van der Waals surface area contributed by atoms with Gasteiger partial charge in [-0.05, 0) is 38.6 Å². The first-order valence-electron chi connectivity index (χ1n) is 7.04. The lowest BCUT2D eigenvalue weighted by molar-refractivity contribution is 0.232. The minimum Gasteiger partial charge on any atom is -0.475 e. The molecule has 1 fully saturated rings. The van der Waals surface area contributed by atoms with Gasteiger partial charge in [-0.2, -0.15) is 0 Å². The lowest BCUT2D eigenvalue weighted by Gasteiger charge is -2.37. The van der Waals surface area contributed by atoms with Crippen molar-refractivity contribution in [1.82, 2.24) is 9.97 Å². The zero-order valence-corrected chi connectivity index (χ0v) is 12.0. The average Bonchev–Trinajstić information content (AvgIpc) is 2.39. The zero-order valence-electron chi connectivity index (χ0n) is 12.0. The van der Waals surface area contributed by atoms with E-state index in [1.807, 2.05) is 19.9 Å². The predicted molar refractivity (Wildman–Crippen MR) is 76.3 cm³/mol. The molecule has 106 valence electrons. The fourth-order valence-electron chi connectivity index (χ4n) is 2.47. The molecule has 1 saturated heterocycles. The van der Waals surface area contributed by atoms with E-state index in [9.17, 15) is 0 Å². The molecule has 5 heteroatoms. The molecule has 2 rings (SSSR count). The van der Waals surface area contributed by atoms with Crippen LogP contribution in [0.5, 0.6) is 5.88 Å². The first-order chi connectivity index (χ1) is 9.10. The van der Waals surface area contributed by atoms with Gasteiger partial charge in [0.15, 0.2) is 0 Å². The van der Waals surface area contributed by atoms with Gasteiger partial charge in [-0.25, -0.2) is 9.97 Å². The third kappa shape index (κ3) is 3.56. The Morgan fingerprint density at radius 1 is 1.47 bits per heavy atom. The third-order valence-electron chi connectivity index (χ3n) is 3.72. The van der Waals surface area contributed by atoms with Gasteiger partial charge in [0.05, 0.1) is 6.10 Å². The summed E-state index contributed by atoms with van der Waals surface area (Å²) >= 11 is 0. The topological polar surface area (TPSA) is 64.3 Å². The van der Waals surface area contributed by atoms with Crippen molar-refractivity contribution in [3.05, 3.63) is 12.4 Å². The number of rotatable bonds is 4. The van der Waals surface area contributed by atoms with Gasteiger partial charge in [-0.1, -0.05) is 6.92 Å². The SMILES string of the molecule is CC(C)Oc1cc(N2CCC(C)C(CN)C2)ncn1. The number of nitrogens with two attached hydrogens (primary N) is 1. The summed E-state index contributed by atoms with van der Waals surface area (Å²) in [7, 11) is 0. The Hall–Kier alpha value is -1.36.